The average molecular weight is 268 g/mol. The number of nitrogens with two attached hydrogens (primary N) is 1. The summed E-state index contributed by atoms with van der Waals surface area (Å²) in [6.45, 7) is 4.09. The van der Waals surface area contributed by atoms with Gasteiger partial charge in [-0.1, -0.05) is 0 Å². The van der Waals surface area contributed by atoms with Crippen molar-refractivity contribution in [3.63, 3.8) is 0 Å². The molecule has 1 aliphatic carbocycles. The van der Waals surface area contributed by atoms with Crippen LogP contribution in [0.15, 0.2) is 0 Å². The van der Waals surface area contributed by atoms with E-state index in [9.17, 15) is 0 Å². The van der Waals surface area contributed by atoms with Gasteiger partial charge in [0, 0.05) is 25.2 Å². The van der Waals surface area contributed by atoms with Crippen LogP contribution in [-0.4, -0.2) is 40.0 Å². The number of nitrogen functional groups attached to an aromatic ring is 1. The Hall–Kier alpha value is -1.07. The summed E-state index contributed by atoms with van der Waals surface area (Å²) >= 11 is 5.87. The van der Waals surface area contributed by atoms with Gasteiger partial charge in [-0.25, -0.2) is 4.98 Å². The van der Waals surface area contributed by atoms with Crippen LogP contribution in [-0.2, 0) is 0 Å². The van der Waals surface area contributed by atoms with Crippen LogP contribution in [0.3, 0.4) is 0 Å². The second kappa shape index (κ2) is 4.55. The van der Waals surface area contributed by atoms with Crippen molar-refractivity contribution in [1.82, 2.24) is 14.9 Å². The first-order valence-corrected chi connectivity index (χ1v) is 6.81. The zero-order chi connectivity index (χ0) is 12.7. The second-order valence-electron chi connectivity index (χ2n) is 5.20. The number of aromatic nitrogens is 2. The number of likely N-dealkylation sites (tertiary alicyclic amines) is 1. The van der Waals surface area contributed by atoms with Crippen LogP contribution in [0.2, 0.25) is 5.28 Å². The Labute approximate surface area is 112 Å². The third-order valence-electron chi connectivity index (χ3n) is 3.73. The molecule has 0 radical (unpaired) electrons. The Morgan fingerprint density at radius 3 is 2.83 bits per heavy atom. The fraction of sp³-hybridized carbons (Fsp3) is 0.667. The highest BCUT2D eigenvalue weighted by molar-refractivity contribution is 6.28. The number of nitrogens with zero attached hydrogens (tertiary/aromatic N) is 3. The maximum atomic E-state index is 5.98. The molecule has 1 atom stereocenters. The molecular formula is C12H18ClN5. The number of aryl methyl sites for hydroxylation is 1. The minimum Gasteiger partial charge on any atom is -0.394 e. The number of rotatable bonds is 3. The minimum absolute atomic E-state index is 0.251. The SMILES string of the molecule is Cc1nc(Cl)nc(NC2CCN(C3CC3)C2)c1N. The minimum atomic E-state index is 0.251. The van der Waals surface area contributed by atoms with E-state index >= 15 is 0 Å². The van der Waals surface area contributed by atoms with Crippen LogP contribution in [0.1, 0.15) is 25.0 Å². The molecule has 1 aromatic heterocycles. The molecule has 1 saturated carbocycles. The van der Waals surface area contributed by atoms with Crippen LogP contribution >= 0.6 is 11.6 Å². The summed E-state index contributed by atoms with van der Waals surface area (Å²) in [5.41, 5.74) is 7.31. The van der Waals surface area contributed by atoms with Crippen LogP contribution < -0.4 is 11.1 Å². The van der Waals surface area contributed by atoms with E-state index in [-0.39, 0.29) is 5.28 Å². The van der Waals surface area contributed by atoms with Crippen LogP contribution in [0.5, 0.6) is 0 Å². The molecule has 1 aromatic rings. The Balaban J connectivity index is 1.69. The van der Waals surface area contributed by atoms with Crippen molar-refractivity contribution >= 4 is 23.1 Å². The molecule has 3 rings (SSSR count). The van der Waals surface area contributed by atoms with Gasteiger partial charge in [0.2, 0.25) is 5.28 Å². The standard InChI is InChI=1S/C12H18ClN5/c1-7-10(14)11(17-12(13)15-7)16-8-4-5-18(6-8)9-2-3-9/h8-9H,2-6,14H2,1H3,(H,15,16,17). The van der Waals surface area contributed by atoms with Crippen LogP contribution in [0, 0.1) is 6.92 Å². The summed E-state index contributed by atoms with van der Waals surface area (Å²) in [6, 6.07) is 1.24. The van der Waals surface area contributed by atoms with Gasteiger partial charge < -0.3 is 11.1 Å². The maximum absolute atomic E-state index is 5.98. The van der Waals surface area contributed by atoms with Crippen molar-refractivity contribution < 1.29 is 0 Å². The molecule has 0 bridgehead atoms. The average Bonchev–Trinajstić information content (AvgIpc) is 3.07. The Morgan fingerprint density at radius 2 is 2.11 bits per heavy atom. The van der Waals surface area contributed by atoms with E-state index in [1.807, 2.05) is 6.92 Å². The highest BCUT2D eigenvalue weighted by Gasteiger charge is 2.34. The van der Waals surface area contributed by atoms with E-state index in [1.54, 1.807) is 0 Å². The summed E-state index contributed by atoms with van der Waals surface area (Å²) < 4.78 is 0. The van der Waals surface area contributed by atoms with Gasteiger partial charge >= 0.3 is 0 Å². The zero-order valence-electron chi connectivity index (χ0n) is 10.5. The first-order valence-electron chi connectivity index (χ1n) is 6.43. The fourth-order valence-electron chi connectivity index (χ4n) is 2.53. The van der Waals surface area contributed by atoms with Gasteiger partial charge in [0.1, 0.15) is 0 Å². The Kier molecular flexibility index (Phi) is 3.03. The molecule has 0 spiro atoms. The van der Waals surface area contributed by atoms with Crippen LogP contribution in [0.4, 0.5) is 11.5 Å². The van der Waals surface area contributed by atoms with E-state index in [0.717, 1.165) is 24.7 Å². The molecule has 1 aliphatic heterocycles. The molecule has 5 nitrogen and oxygen atoms in total. The van der Waals surface area contributed by atoms with Crippen molar-refractivity contribution in [3.8, 4) is 0 Å². The van der Waals surface area contributed by atoms with Crippen molar-refractivity contribution in [3.05, 3.63) is 11.0 Å². The Bertz CT molecular complexity index is 460. The monoisotopic (exact) mass is 267 g/mol. The van der Waals surface area contributed by atoms with E-state index in [1.165, 1.54) is 19.4 Å². The van der Waals surface area contributed by atoms with Gasteiger partial charge in [0.25, 0.3) is 0 Å². The molecule has 0 aromatic carbocycles. The summed E-state index contributed by atoms with van der Waals surface area (Å²) in [5.74, 6) is 0.676. The summed E-state index contributed by atoms with van der Waals surface area (Å²) in [7, 11) is 0. The van der Waals surface area contributed by atoms with Gasteiger partial charge in [-0.3, -0.25) is 4.90 Å². The highest BCUT2D eigenvalue weighted by atomic mass is 35.5. The third kappa shape index (κ3) is 2.37. The largest absolute Gasteiger partial charge is 0.394 e. The lowest BCUT2D eigenvalue weighted by Crippen LogP contribution is -2.28. The molecule has 1 saturated heterocycles. The van der Waals surface area contributed by atoms with Gasteiger partial charge in [-0.15, -0.1) is 0 Å². The summed E-state index contributed by atoms with van der Waals surface area (Å²) in [4.78, 5) is 10.8. The highest BCUT2D eigenvalue weighted by Crippen LogP contribution is 2.31. The quantitative estimate of drug-likeness (QED) is 0.816. The molecule has 2 fully saturated rings. The molecule has 6 heteroatoms. The zero-order valence-corrected chi connectivity index (χ0v) is 11.2. The van der Waals surface area contributed by atoms with E-state index in [4.69, 9.17) is 17.3 Å². The lowest BCUT2D eigenvalue weighted by molar-refractivity contribution is 0.326. The number of hydrogen-bond donors (Lipinski definition) is 2. The first-order chi connectivity index (χ1) is 8.63. The van der Waals surface area contributed by atoms with Gasteiger partial charge in [-0.2, -0.15) is 4.98 Å². The predicted octanol–water partition coefficient (Wildman–Crippen LogP) is 1.67. The first kappa shape index (κ1) is 12.0. The third-order valence-corrected chi connectivity index (χ3v) is 3.90. The van der Waals surface area contributed by atoms with E-state index < -0.39 is 0 Å². The number of halogens is 1. The van der Waals surface area contributed by atoms with Gasteiger partial charge in [0.15, 0.2) is 5.82 Å². The fourth-order valence-corrected chi connectivity index (χ4v) is 2.74. The lowest BCUT2D eigenvalue weighted by atomic mass is 10.2. The molecular weight excluding hydrogens is 250 g/mol. The molecule has 3 N–H and O–H groups in total. The number of hydrogen-bond acceptors (Lipinski definition) is 5. The molecule has 2 aliphatic rings. The molecule has 18 heavy (non-hydrogen) atoms. The lowest BCUT2D eigenvalue weighted by Gasteiger charge is -2.17. The van der Waals surface area contributed by atoms with Gasteiger partial charge in [0.05, 0.1) is 11.4 Å². The number of nitrogens with one attached hydrogen (secondary N) is 1. The molecule has 98 valence electrons. The van der Waals surface area contributed by atoms with E-state index in [2.05, 4.69) is 20.2 Å². The summed E-state index contributed by atoms with van der Waals surface area (Å²) in [5, 5.41) is 3.65. The van der Waals surface area contributed by atoms with Crippen molar-refractivity contribution in [2.45, 2.75) is 38.3 Å². The molecule has 1 unspecified atom stereocenters. The normalized spacial score (nSPS) is 24.4. The van der Waals surface area contributed by atoms with Crippen LogP contribution in [0.25, 0.3) is 0 Å². The van der Waals surface area contributed by atoms with Gasteiger partial charge in [-0.05, 0) is 37.8 Å². The van der Waals surface area contributed by atoms with E-state index in [0.29, 0.717) is 17.5 Å². The maximum Gasteiger partial charge on any atom is 0.224 e. The predicted molar refractivity (Wildman–Crippen MR) is 72.8 cm³/mol. The Morgan fingerprint density at radius 1 is 1.33 bits per heavy atom. The smallest absolute Gasteiger partial charge is 0.224 e. The second-order valence-corrected chi connectivity index (χ2v) is 5.53. The summed E-state index contributed by atoms with van der Waals surface area (Å²) in [6.07, 6.45) is 3.84. The number of anilines is 2. The van der Waals surface area contributed by atoms with Crippen molar-refractivity contribution in [2.75, 3.05) is 24.1 Å². The molecule has 0 amide bonds. The molecule has 2 heterocycles. The van der Waals surface area contributed by atoms with Crippen molar-refractivity contribution in [2.24, 2.45) is 0 Å². The van der Waals surface area contributed by atoms with Crippen molar-refractivity contribution in [1.29, 1.82) is 0 Å². The topological polar surface area (TPSA) is 67.1 Å².